The number of hydrogen-bond donors (Lipinski definition) is 2. The van der Waals surface area contributed by atoms with Crippen LogP contribution in [0.3, 0.4) is 0 Å². The van der Waals surface area contributed by atoms with Crippen LogP contribution in [0.15, 0.2) is 42.5 Å². The minimum atomic E-state index is -0.942. The Morgan fingerprint density at radius 1 is 1.09 bits per heavy atom. The second kappa shape index (κ2) is 9.69. The molecule has 2 aromatic rings. The molecule has 2 saturated heterocycles. The summed E-state index contributed by atoms with van der Waals surface area (Å²) in [6, 6.07) is 11.8. The summed E-state index contributed by atoms with van der Waals surface area (Å²) in [5.74, 6) is -2.72. The normalized spacial score (nSPS) is 21.9. The van der Waals surface area contributed by atoms with Crippen LogP contribution in [0.4, 0.5) is 10.1 Å². The number of nitrogens with one attached hydrogen (secondary N) is 1. The van der Waals surface area contributed by atoms with E-state index in [4.69, 9.17) is 4.74 Å². The molecule has 7 heteroatoms. The molecule has 0 unspecified atom stereocenters. The van der Waals surface area contributed by atoms with E-state index in [9.17, 15) is 19.1 Å². The number of amides is 1. The highest BCUT2D eigenvalue weighted by molar-refractivity contribution is 5.96. The summed E-state index contributed by atoms with van der Waals surface area (Å²) in [5.41, 5.74) is 2.26. The number of rotatable bonds is 5. The Balaban J connectivity index is 1.62. The number of halogens is 1. The van der Waals surface area contributed by atoms with Gasteiger partial charge in [-0.05, 0) is 61.9 Å². The molecule has 0 bridgehead atoms. The maximum Gasteiger partial charge on any atom is 0.308 e. The number of carboxylic acids is 1. The summed E-state index contributed by atoms with van der Waals surface area (Å²) < 4.78 is 19.9. The monoisotopic (exact) mass is 440 g/mol. The van der Waals surface area contributed by atoms with Gasteiger partial charge < -0.3 is 20.1 Å². The molecule has 2 aliphatic heterocycles. The van der Waals surface area contributed by atoms with Crippen LogP contribution in [0.25, 0.3) is 0 Å². The molecule has 0 aromatic heterocycles. The van der Waals surface area contributed by atoms with Crippen molar-refractivity contribution in [2.75, 3.05) is 25.1 Å². The van der Waals surface area contributed by atoms with Crippen LogP contribution >= 0.6 is 0 Å². The summed E-state index contributed by atoms with van der Waals surface area (Å²) >= 11 is 0. The van der Waals surface area contributed by atoms with Gasteiger partial charge in [0.25, 0.3) is 5.91 Å². The number of nitrogens with zero attached hydrogens (tertiary/aromatic N) is 1. The molecule has 4 rings (SSSR count). The first-order chi connectivity index (χ1) is 15.5. The van der Waals surface area contributed by atoms with E-state index >= 15 is 0 Å². The summed E-state index contributed by atoms with van der Waals surface area (Å²) in [4.78, 5) is 27.0. The van der Waals surface area contributed by atoms with Gasteiger partial charge in [-0.15, -0.1) is 0 Å². The lowest BCUT2D eigenvalue weighted by Gasteiger charge is -2.40. The molecular formula is C25H29FN2O4. The van der Waals surface area contributed by atoms with E-state index in [-0.39, 0.29) is 5.56 Å². The highest BCUT2D eigenvalue weighted by Gasteiger charge is 2.40. The van der Waals surface area contributed by atoms with Crippen molar-refractivity contribution < 1.29 is 23.8 Å². The van der Waals surface area contributed by atoms with Gasteiger partial charge in [-0.1, -0.05) is 24.3 Å². The number of aliphatic carboxylic acids is 1. The van der Waals surface area contributed by atoms with Gasteiger partial charge in [0, 0.05) is 31.5 Å². The molecule has 2 aliphatic rings. The second-order valence-corrected chi connectivity index (χ2v) is 8.62. The van der Waals surface area contributed by atoms with E-state index in [1.165, 1.54) is 11.0 Å². The number of anilines is 1. The molecule has 2 N–H and O–H groups in total. The van der Waals surface area contributed by atoms with Gasteiger partial charge in [0.1, 0.15) is 5.82 Å². The molecule has 0 saturated carbocycles. The quantitative estimate of drug-likeness (QED) is 0.720. The molecule has 0 radical (unpaired) electrons. The fourth-order valence-electron chi connectivity index (χ4n) is 4.79. The average Bonchev–Trinajstić information content (AvgIpc) is 2.79. The number of likely N-dealkylation sites (tertiary alicyclic amines) is 1. The van der Waals surface area contributed by atoms with Gasteiger partial charge in [0.05, 0.1) is 17.5 Å². The van der Waals surface area contributed by atoms with Crippen LogP contribution in [-0.2, 0) is 9.53 Å². The van der Waals surface area contributed by atoms with Crippen molar-refractivity contribution in [1.82, 2.24) is 4.90 Å². The van der Waals surface area contributed by atoms with Crippen molar-refractivity contribution in [1.29, 1.82) is 0 Å². The predicted octanol–water partition coefficient (Wildman–Crippen LogP) is 4.40. The van der Waals surface area contributed by atoms with Crippen molar-refractivity contribution >= 4 is 17.6 Å². The first-order valence-corrected chi connectivity index (χ1v) is 11.2. The summed E-state index contributed by atoms with van der Waals surface area (Å²) in [5, 5.41) is 13.4. The minimum absolute atomic E-state index is 0.0151. The number of benzene rings is 2. The van der Waals surface area contributed by atoms with Crippen LogP contribution in [0.5, 0.6) is 0 Å². The van der Waals surface area contributed by atoms with Gasteiger partial charge in [0.15, 0.2) is 0 Å². The number of carbonyl (C=O) groups is 2. The molecular weight excluding hydrogens is 411 g/mol. The molecule has 2 fully saturated rings. The molecule has 170 valence electrons. The lowest BCUT2D eigenvalue weighted by molar-refractivity contribution is -0.145. The third-order valence-electron chi connectivity index (χ3n) is 6.49. The third kappa shape index (κ3) is 4.63. The van der Waals surface area contributed by atoms with E-state index in [0.29, 0.717) is 31.0 Å². The Labute approximate surface area is 187 Å². The van der Waals surface area contributed by atoms with Crippen LogP contribution < -0.4 is 5.32 Å². The van der Waals surface area contributed by atoms with Crippen molar-refractivity contribution in [3.05, 3.63) is 65.0 Å². The average molecular weight is 441 g/mol. The zero-order valence-electron chi connectivity index (χ0n) is 18.2. The van der Waals surface area contributed by atoms with Crippen molar-refractivity contribution in [2.24, 2.45) is 5.92 Å². The first kappa shape index (κ1) is 22.3. The number of aryl methyl sites for hydroxylation is 1. The van der Waals surface area contributed by atoms with Gasteiger partial charge in [0.2, 0.25) is 0 Å². The number of carboxylic acid groups (broad SMARTS) is 1. The minimum Gasteiger partial charge on any atom is -0.481 e. The van der Waals surface area contributed by atoms with Crippen LogP contribution in [-0.4, -0.2) is 47.7 Å². The Hall–Kier alpha value is -2.93. The molecule has 2 aromatic carbocycles. The standard InChI is InChI=1S/C25H29FN2O4/c1-16-4-2-6-21(26)22(16)24(29)28-13-3-5-20(25(30)31)23(28)17-7-9-18(10-8-17)27-19-11-14-32-15-12-19/h2,4,6-10,19-20,23,27H,3,5,11-15H2,1H3,(H,30,31)/t20-,23-/m0/s1. The number of carbonyl (C=O) groups excluding carboxylic acids is 1. The van der Waals surface area contributed by atoms with E-state index in [1.807, 2.05) is 24.3 Å². The lowest BCUT2D eigenvalue weighted by Crippen LogP contribution is -2.45. The van der Waals surface area contributed by atoms with Crippen molar-refractivity contribution in [2.45, 2.75) is 44.7 Å². The van der Waals surface area contributed by atoms with Crippen molar-refractivity contribution in [3.8, 4) is 0 Å². The maximum atomic E-state index is 14.5. The van der Waals surface area contributed by atoms with Gasteiger partial charge in [-0.2, -0.15) is 0 Å². The number of hydrogen-bond acceptors (Lipinski definition) is 4. The first-order valence-electron chi connectivity index (χ1n) is 11.2. The molecule has 1 amide bonds. The van der Waals surface area contributed by atoms with Crippen LogP contribution in [0.2, 0.25) is 0 Å². The van der Waals surface area contributed by atoms with E-state index in [0.717, 1.165) is 37.3 Å². The topological polar surface area (TPSA) is 78.9 Å². The van der Waals surface area contributed by atoms with E-state index in [1.54, 1.807) is 19.1 Å². The Morgan fingerprint density at radius 3 is 2.47 bits per heavy atom. The van der Waals surface area contributed by atoms with Crippen LogP contribution in [0, 0.1) is 18.7 Å². The molecule has 0 spiro atoms. The van der Waals surface area contributed by atoms with Crippen LogP contribution in [0.1, 0.15) is 53.2 Å². The molecule has 0 aliphatic carbocycles. The van der Waals surface area contributed by atoms with E-state index in [2.05, 4.69) is 5.32 Å². The zero-order valence-corrected chi connectivity index (χ0v) is 18.2. The van der Waals surface area contributed by atoms with Gasteiger partial charge in [-0.3, -0.25) is 9.59 Å². The third-order valence-corrected chi connectivity index (χ3v) is 6.49. The van der Waals surface area contributed by atoms with Gasteiger partial charge in [-0.25, -0.2) is 4.39 Å². The zero-order chi connectivity index (χ0) is 22.7. The predicted molar refractivity (Wildman–Crippen MR) is 119 cm³/mol. The Morgan fingerprint density at radius 2 is 1.81 bits per heavy atom. The Kier molecular flexibility index (Phi) is 6.74. The second-order valence-electron chi connectivity index (χ2n) is 8.62. The largest absolute Gasteiger partial charge is 0.481 e. The Bertz CT molecular complexity index is 952. The highest BCUT2D eigenvalue weighted by Crippen LogP contribution is 2.38. The molecule has 2 atom stereocenters. The highest BCUT2D eigenvalue weighted by atomic mass is 19.1. The maximum absolute atomic E-state index is 14.5. The van der Waals surface area contributed by atoms with Gasteiger partial charge >= 0.3 is 5.97 Å². The smallest absolute Gasteiger partial charge is 0.308 e. The SMILES string of the molecule is Cc1cccc(F)c1C(=O)N1CCC[C@H](C(=O)O)[C@@H]1c1ccc(NC2CCOCC2)cc1. The molecule has 6 nitrogen and oxygen atoms in total. The van der Waals surface area contributed by atoms with E-state index < -0.39 is 29.7 Å². The fourth-order valence-corrected chi connectivity index (χ4v) is 4.79. The lowest BCUT2D eigenvalue weighted by atomic mass is 9.84. The summed E-state index contributed by atoms with van der Waals surface area (Å²) in [6.45, 7) is 3.57. The summed E-state index contributed by atoms with van der Waals surface area (Å²) in [7, 11) is 0. The molecule has 2 heterocycles. The summed E-state index contributed by atoms with van der Waals surface area (Å²) in [6.07, 6.45) is 2.92. The number of piperidine rings is 1. The number of ether oxygens (including phenoxy) is 1. The molecule has 32 heavy (non-hydrogen) atoms. The van der Waals surface area contributed by atoms with Crippen molar-refractivity contribution in [3.63, 3.8) is 0 Å². The fraction of sp³-hybridized carbons (Fsp3) is 0.440.